The van der Waals surface area contributed by atoms with Crippen LogP contribution in [-0.4, -0.2) is 10.1 Å². The Balaban J connectivity index is 2.39. The van der Waals surface area contributed by atoms with Crippen LogP contribution >= 0.6 is 22.9 Å². The average molecular weight is 255 g/mol. The van der Waals surface area contributed by atoms with Crippen molar-refractivity contribution < 1.29 is 5.11 Å². The highest BCUT2D eigenvalue weighted by atomic mass is 35.5. The summed E-state index contributed by atoms with van der Waals surface area (Å²) in [7, 11) is 0. The maximum atomic E-state index is 9.32. The number of rotatable bonds is 2. The maximum Gasteiger partial charge on any atom is 0.134 e. The number of nitrogens with zero attached hydrogens (tertiary/aromatic N) is 1. The lowest BCUT2D eigenvalue weighted by atomic mass is 10.2. The highest BCUT2D eigenvalue weighted by Crippen LogP contribution is 2.31. The zero-order chi connectivity index (χ0) is 11.7. The van der Waals surface area contributed by atoms with Crippen LogP contribution in [-0.2, 0) is 0 Å². The summed E-state index contributed by atoms with van der Waals surface area (Å²) in [6.45, 7) is 1.89. The van der Waals surface area contributed by atoms with Gasteiger partial charge in [-0.3, -0.25) is 0 Å². The first kappa shape index (κ1) is 11.4. The minimum atomic E-state index is -0.0717. The predicted molar refractivity (Wildman–Crippen MR) is 66.8 cm³/mol. The van der Waals surface area contributed by atoms with Crippen LogP contribution in [0.15, 0.2) is 23.6 Å². The minimum Gasteiger partial charge on any atom is -0.506 e. The number of thiazole rings is 1. The Kier molecular flexibility index (Phi) is 3.14. The molecule has 0 fully saturated rings. The van der Waals surface area contributed by atoms with Crippen molar-refractivity contribution in [2.24, 2.45) is 5.73 Å². The molecular formula is C11H11ClN2OS. The van der Waals surface area contributed by atoms with Crippen LogP contribution in [0.4, 0.5) is 0 Å². The highest BCUT2D eigenvalue weighted by Gasteiger charge is 2.09. The lowest BCUT2D eigenvalue weighted by molar-refractivity contribution is 0.475. The number of benzene rings is 1. The third kappa shape index (κ3) is 2.19. The van der Waals surface area contributed by atoms with Crippen molar-refractivity contribution >= 4 is 22.9 Å². The normalized spacial score (nSPS) is 12.7. The van der Waals surface area contributed by atoms with Crippen LogP contribution in [0.25, 0.3) is 10.6 Å². The van der Waals surface area contributed by atoms with Gasteiger partial charge < -0.3 is 10.8 Å². The summed E-state index contributed by atoms with van der Waals surface area (Å²) in [6, 6.07) is 4.97. The van der Waals surface area contributed by atoms with Crippen molar-refractivity contribution in [2.45, 2.75) is 13.0 Å². The first-order chi connectivity index (χ1) is 7.58. The van der Waals surface area contributed by atoms with E-state index >= 15 is 0 Å². The Hall–Kier alpha value is -1.10. The summed E-state index contributed by atoms with van der Waals surface area (Å²) in [5.74, 6) is 0.0781. The third-order valence-corrected chi connectivity index (χ3v) is 3.40. The molecule has 0 aliphatic carbocycles. The van der Waals surface area contributed by atoms with Gasteiger partial charge in [-0.2, -0.15) is 0 Å². The van der Waals surface area contributed by atoms with Crippen LogP contribution in [0.5, 0.6) is 5.75 Å². The van der Waals surface area contributed by atoms with Gasteiger partial charge in [0.25, 0.3) is 0 Å². The molecule has 1 aromatic heterocycles. The molecule has 0 radical (unpaired) electrons. The van der Waals surface area contributed by atoms with E-state index in [1.165, 1.54) is 11.3 Å². The van der Waals surface area contributed by atoms with Gasteiger partial charge in [0, 0.05) is 17.0 Å². The smallest absolute Gasteiger partial charge is 0.134 e. The summed E-state index contributed by atoms with van der Waals surface area (Å²) in [5, 5.41) is 12.4. The number of aromatic nitrogens is 1. The standard InChI is InChI=1S/C11H11ClN2OS/c1-6(13)9-5-16-11(14-9)7-2-3-10(15)8(12)4-7/h2-6,15H,13H2,1H3. The van der Waals surface area contributed by atoms with E-state index in [0.29, 0.717) is 5.02 Å². The molecule has 1 aromatic carbocycles. The third-order valence-electron chi connectivity index (χ3n) is 2.18. The maximum absolute atomic E-state index is 9.32. The lowest BCUT2D eigenvalue weighted by Gasteiger charge is -2.00. The van der Waals surface area contributed by atoms with E-state index in [9.17, 15) is 5.11 Å². The average Bonchev–Trinajstić information content (AvgIpc) is 2.71. The predicted octanol–water partition coefficient (Wildman–Crippen LogP) is 3.19. The highest BCUT2D eigenvalue weighted by molar-refractivity contribution is 7.13. The van der Waals surface area contributed by atoms with E-state index < -0.39 is 0 Å². The molecular weight excluding hydrogens is 244 g/mol. The largest absolute Gasteiger partial charge is 0.506 e. The molecule has 0 saturated heterocycles. The van der Waals surface area contributed by atoms with Gasteiger partial charge in [0.1, 0.15) is 10.8 Å². The summed E-state index contributed by atoms with van der Waals surface area (Å²) in [5.41, 5.74) is 7.49. The van der Waals surface area contributed by atoms with Crippen LogP contribution in [0, 0.1) is 0 Å². The fraction of sp³-hybridized carbons (Fsp3) is 0.182. The summed E-state index contributed by atoms with van der Waals surface area (Å²) in [4.78, 5) is 4.40. The van der Waals surface area contributed by atoms with Crippen LogP contribution in [0.3, 0.4) is 0 Å². The molecule has 0 bridgehead atoms. The molecule has 0 saturated carbocycles. The van der Waals surface area contributed by atoms with E-state index in [4.69, 9.17) is 17.3 Å². The van der Waals surface area contributed by atoms with E-state index in [-0.39, 0.29) is 11.8 Å². The van der Waals surface area contributed by atoms with Crippen molar-refractivity contribution in [3.63, 3.8) is 0 Å². The fourth-order valence-electron chi connectivity index (χ4n) is 1.27. The van der Waals surface area contributed by atoms with Gasteiger partial charge in [0.15, 0.2) is 0 Å². The second-order valence-corrected chi connectivity index (χ2v) is 4.80. The zero-order valence-electron chi connectivity index (χ0n) is 8.64. The Bertz CT molecular complexity index is 510. The van der Waals surface area contributed by atoms with Crippen LogP contribution in [0.2, 0.25) is 5.02 Å². The van der Waals surface area contributed by atoms with Crippen molar-refractivity contribution in [1.82, 2.24) is 4.98 Å². The van der Waals surface area contributed by atoms with E-state index in [0.717, 1.165) is 16.3 Å². The second kappa shape index (κ2) is 4.41. The molecule has 0 aliphatic rings. The van der Waals surface area contributed by atoms with Crippen molar-refractivity contribution in [3.05, 3.63) is 34.3 Å². The van der Waals surface area contributed by atoms with Gasteiger partial charge in [0.05, 0.1) is 10.7 Å². The number of nitrogens with two attached hydrogens (primary N) is 1. The molecule has 0 amide bonds. The number of phenols is 1. The Morgan fingerprint density at radius 1 is 1.50 bits per heavy atom. The lowest BCUT2D eigenvalue weighted by Crippen LogP contribution is -2.04. The molecule has 5 heteroatoms. The summed E-state index contributed by atoms with van der Waals surface area (Å²) in [6.07, 6.45) is 0. The molecule has 3 N–H and O–H groups in total. The molecule has 1 heterocycles. The summed E-state index contributed by atoms with van der Waals surface area (Å²) >= 11 is 7.35. The number of halogens is 1. The van der Waals surface area contributed by atoms with Gasteiger partial charge in [-0.15, -0.1) is 11.3 Å². The molecule has 0 aliphatic heterocycles. The SMILES string of the molecule is CC(N)c1csc(-c2ccc(O)c(Cl)c2)n1. The van der Waals surface area contributed by atoms with Gasteiger partial charge in [-0.1, -0.05) is 11.6 Å². The summed E-state index contributed by atoms with van der Waals surface area (Å²) < 4.78 is 0. The monoisotopic (exact) mass is 254 g/mol. The number of hydrogen-bond donors (Lipinski definition) is 2. The number of aromatic hydroxyl groups is 1. The second-order valence-electron chi connectivity index (χ2n) is 3.53. The Morgan fingerprint density at radius 3 is 2.81 bits per heavy atom. The quantitative estimate of drug-likeness (QED) is 0.865. The molecule has 0 spiro atoms. The fourth-order valence-corrected chi connectivity index (χ4v) is 2.37. The first-order valence-electron chi connectivity index (χ1n) is 4.78. The number of hydrogen-bond acceptors (Lipinski definition) is 4. The Morgan fingerprint density at radius 2 is 2.25 bits per heavy atom. The van der Waals surface area contributed by atoms with E-state index in [1.54, 1.807) is 18.2 Å². The molecule has 84 valence electrons. The molecule has 3 nitrogen and oxygen atoms in total. The first-order valence-corrected chi connectivity index (χ1v) is 6.03. The van der Waals surface area contributed by atoms with Crippen molar-refractivity contribution in [1.29, 1.82) is 0 Å². The zero-order valence-corrected chi connectivity index (χ0v) is 10.2. The molecule has 16 heavy (non-hydrogen) atoms. The van der Waals surface area contributed by atoms with Crippen LogP contribution < -0.4 is 5.73 Å². The molecule has 2 rings (SSSR count). The van der Waals surface area contributed by atoms with E-state index in [2.05, 4.69) is 4.98 Å². The molecule has 1 atom stereocenters. The topological polar surface area (TPSA) is 59.1 Å². The van der Waals surface area contributed by atoms with Gasteiger partial charge in [-0.05, 0) is 25.1 Å². The van der Waals surface area contributed by atoms with Crippen LogP contribution in [0.1, 0.15) is 18.7 Å². The molecule has 1 unspecified atom stereocenters. The van der Waals surface area contributed by atoms with Gasteiger partial charge in [-0.25, -0.2) is 4.98 Å². The molecule has 2 aromatic rings. The number of phenolic OH excluding ortho intramolecular Hbond substituents is 1. The van der Waals surface area contributed by atoms with Gasteiger partial charge >= 0.3 is 0 Å². The Labute approximate surface area is 103 Å². The van der Waals surface area contributed by atoms with Gasteiger partial charge in [0.2, 0.25) is 0 Å². The van der Waals surface area contributed by atoms with Crippen molar-refractivity contribution in [2.75, 3.05) is 0 Å². The van der Waals surface area contributed by atoms with E-state index in [1.807, 2.05) is 12.3 Å². The minimum absolute atomic E-state index is 0.0717. The van der Waals surface area contributed by atoms with Crippen molar-refractivity contribution in [3.8, 4) is 16.3 Å².